The Morgan fingerprint density at radius 3 is 2.62 bits per heavy atom. The summed E-state index contributed by atoms with van der Waals surface area (Å²) in [5, 5.41) is 5.10. The average molecular weight is 235 g/mol. The molecule has 2 aromatic heterocycles. The Morgan fingerprint density at radius 1 is 1.25 bits per heavy atom. The lowest BCUT2D eigenvalue weighted by Gasteiger charge is -2.01. The van der Waals surface area contributed by atoms with Gasteiger partial charge in [0.15, 0.2) is 5.16 Å². The molecule has 0 bridgehead atoms. The minimum absolute atomic E-state index is 0.803. The van der Waals surface area contributed by atoms with E-state index in [2.05, 4.69) is 20.1 Å². The van der Waals surface area contributed by atoms with E-state index in [-0.39, 0.29) is 0 Å². The molecule has 0 aliphatic heterocycles. The zero-order chi connectivity index (χ0) is 11.4. The molecule has 16 heavy (non-hydrogen) atoms. The van der Waals surface area contributed by atoms with Gasteiger partial charge in [0.05, 0.1) is 6.54 Å². The highest BCUT2D eigenvalue weighted by Gasteiger charge is 2.02. The first kappa shape index (κ1) is 11.1. The van der Waals surface area contributed by atoms with E-state index in [1.54, 1.807) is 24.2 Å². The molecule has 6 heteroatoms. The fourth-order valence-corrected chi connectivity index (χ4v) is 2.07. The van der Waals surface area contributed by atoms with Gasteiger partial charge in [-0.3, -0.25) is 0 Å². The highest BCUT2D eigenvalue weighted by molar-refractivity contribution is 7.99. The third-order valence-electron chi connectivity index (χ3n) is 2.04. The summed E-state index contributed by atoms with van der Waals surface area (Å²) in [5.74, 6) is 2.67. The number of hydrogen-bond donors (Lipinski definition) is 0. The van der Waals surface area contributed by atoms with Crippen molar-refractivity contribution in [3.8, 4) is 0 Å². The molecule has 0 amide bonds. The van der Waals surface area contributed by atoms with Gasteiger partial charge in [0.25, 0.3) is 0 Å². The molecule has 0 saturated carbocycles. The second-order valence-corrected chi connectivity index (χ2v) is 4.37. The zero-order valence-electron chi connectivity index (χ0n) is 9.29. The van der Waals surface area contributed by atoms with Gasteiger partial charge in [-0.15, -0.1) is 0 Å². The lowest BCUT2D eigenvalue weighted by Crippen LogP contribution is -2.05. The van der Waals surface area contributed by atoms with Crippen molar-refractivity contribution in [2.45, 2.75) is 25.5 Å². The Kier molecular flexibility index (Phi) is 3.51. The summed E-state index contributed by atoms with van der Waals surface area (Å²) in [6.07, 6.45) is 3.50. The monoisotopic (exact) mass is 235 g/mol. The van der Waals surface area contributed by atoms with Crippen LogP contribution in [-0.2, 0) is 6.54 Å². The zero-order valence-corrected chi connectivity index (χ0v) is 10.1. The van der Waals surface area contributed by atoms with Crippen LogP contribution >= 0.6 is 11.8 Å². The largest absolute Gasteiger partial charge is 0.249 e. The summed E-state index contributed by atoms with van der Waals surface area (Å²) < 4.78 is 1.91. The number of hydrogen-bond acceptors (Lipinski definition) is 5. The van der Waals surface area contributed by atoms with Crippen molar-refractivity contribution in [3.63, 3.8) is 0 Å². The molecule has 0 saturated heterocycles. The van der Waals surface area contributed by atoms with Crippen LogP contribution in [0.25, 0.3) is 0 Å². The molecule has 2 heterocycles. The smallest absolute Gasteiger partial charge is 0.187 e. The van der Waals surface area contributed by atoms with Crippen molar-refractivity contribution >= 4 is 11.8 Å². The van der Waals surface area contributed by atoms with Crippen LogP contribution in [0.5, 0.6) is 0 Å². The predicted octanol–water partition coefficient (Wildman–Crippen LogP) is 1.48. The molecule has 0 aliphatic carbocycles. The van der Waals surface area contributed by atoms with Crippen LogP contribution in [-0.4, -0.2) is 30.5 Å². The number of rotatable bonds is 4. The van der Waals surface area contributed by atoms with Crippen molar-refractivity contribution in [2.75, 3.05) is 5.75 Å². The second kappa shape index (κ2) is 5.07. The SMILES string of the molecule is Cc1nc(C)n(CCSc2ncccn2)n1. The van der Waals surface area contributed by atoms with Crippen molar-refractivity contribution in [2.24, 2.45) is 0 Å². The summed E-state index contributed by atoms with van der Waals surface area (Å²) in [7, 11) is 0. The Hall–Kier alpha value is -1.43. The van der Waals surface area contributed by atoms with Gasteiger partial charge < -0.3 is 0 Å². The maximum absolute atomic E-state index is 4.29. The van der Waals surface area contributed by atoms with E-state index in [0.29, 0.717) is 0 Å². The molecule has 0 aromatic carbocycles. The molecule has 0 atom stereocenters. The molecular weight excluding hydrogens is 222 g/mol. The first-order chi connectivity index (χ1) is 7.75. The quantitative estimate of drug-likeness (QED) is 0.593. The lowest BCUT2D eigenvalue weighted by atomic mass is 10.6. The number of aromatic nitrogens is 5. The molecule has 2 rings (SSSR count). The molecule has 0 radical (unpaired) electrons. The van der Waals surface area contributed by atoms with Crippen LogP contribution in [0.4, 0.5) is 0 Å². The maximum atomic E-state index is 4.29. The maximum Gasteiger partial charge on any atom is 0.187 e. The Morgan fingerprint density at radius 2 is 2.00 bits per heavy atom. The lowest BCUT2D eigenvalue weighted by molar-refractivity contribution is 0.637. The van der Waals surface area contributed by atoms with E-state index >= 15 is 0 Å². The number of nitrogens with zero attached hydrogens (tertiary/aromatic N) is 5. The van der Waals surface area contributed by atoms with E-state index < -0.39 is 0 Å². The standard InChI is InChI=1S/C10H13N5S/c1-8-13-9(2)15(14-8)6-7-16-10-11-4-3-5-12-10/h3-5H,6-7H2,1-2H3. The summed E-state index contributed by atoms with van der Waals surface area (Å²) in [4.78, 5) is 12.5. The van der Waals surface area contributed by atoms with Crippen molar-refractivity contribution in [1.82, 2.24) is 24.7 Å². The minimum atomic E-state index is 0.803. The van der Waals surface area contributed by atoms with Gasteiger partial charge in [0.1, 0.15) is 11.6 Å². The van der Waals surface area contributed by atoms with Crippen LogP contribution in [0.1, 0.15) is 11.6 Å². The van der Waals surface area contributed by atoms with Crippen LogP contribution in [0.15, 0.2) is 23.6 Å². The molecule has 0 N–H and O–H groups in total. The fourth-order valence-electron chi connectivity index (χ4n) is 1.36. The summed E-state index contributed by atoms with van der Waals surface area (Å²) >= 11 is 1.62. The minimum Gasteiger partial charge on any atom is -0.249 e. The number of aryl methyl sites for hydroxylation is 3. The van der Waals surface area contributed by atoms with Gasteiger partial charge in [-0.05, 0) is 19.9 Å². The van der Waals surface area contributed by atoms with E-state index in [9.17, 15) is 0 Å². The van der Waals surface area contributed by atoms with Crippen molar-refractivity contribution < 1.29 is 0 Å². The van der Waals surface area contributed by atoms with E-state index in [4.69, 9.17) is 0 Å². The third-order valence-corrected chi connectivity index (χ3v) is 2.89. The van der Waals surface area contributed by atoms with Crippen LogP contribution in [0.2, 0.25) is 0 Å². The fraction of sp³-hybridized carbons (Fsp3) is 0.400. The molecule has 2 aromatic rings. The molecular formula is C10H13N5S. The molecule has 0 spiro atoms. The molecule has 5 nitrogen and oxygen atoms in total. The van der Waals surface area contributed by atoms with Crippen LogP contribution in [0.3, 0.4) is 0 Å². The van der Waals surface area contributed by atoms with Gasteiger partial charge in [-0.25, -0.2) is 19.6 Å². The van der Waals surface area contributed by atoms with E-state index in [1.165, 1.54) is 0 Å². The van der Waals surface area contributed by atoms with Crippen molar-refractivity contribution in [1.29, 1.82) is 0 Å². The normalized spacial score (nSPS) is 10.6. The van der Waals surface area contributed by atoms with Gasteiger partial charge in [-0.1, -0.05) is 11.8 Å². The van der Waals surface area contributed by atoms with Crippen LogP contribution < -0.4 is 0 Å². The van der Waals surface area contributed by atoms with E-state index in [0.717, 1.165) is 29.1 Å². The third kappa shape index (κ3) is 2.79. The second-order valence-electron chi connectivity index (χ2n) is 3.31. The topological polar surface area (TPSA) is 56.5 Å². The van der Waals surface area contributed by atoms with E-state index in [1.807, 2.05) is 24.6 Å². The van der Waals surface area contributed by atoms with Gasteiger partial charge in [0, 0.05) is 18.1 Å². The highest BCUT2D eigenvalue weighted by Crippen LogP contribution is 2.11. The molecule has 0 fully saturated rings. The van der Waals surface area contributed by atoms with Gasteiger partial charge in [-0.2, -0.15) is 5.10 Å². The molecule has 0 unspecified atom stereocenters. The van der Waals surface area contributed by atoms with Crippen LogP contribution in [0, 0.1) is 13.8 Å². The average Bonchev–Trinajstić information content (AvgIpc) is 2.59. The van der Waals surface area contributed by atoms with Gasteiger partial charge in [0.2, 0.25) is 0 Å². The predicted molar refractivity (Wildman–Crippen MR) is 62.3 cm³/mol. The van der Waals surface area contributed by atoms with Crippen molar-refractivity contribution in [3.05, 3.63) is 30.1 Å². The summed E-state index contributed by atoms with van der Waals surface area (Å²) in [6, 6.07) is 1.81. The Labute approximate surface area is 98.3 Å². The van der Waals surface area contributed by atoms with Gasteiger partial charge >= 0.3 is 0 Å². The number of thioether (sulfide) groups is 1. The molecule has 84 valence electrons. The molecule has 0 aliphatic rings. The Balaban J connectivity index is 1.87. The first-order valence-corrected chi connectivity index (χ1v) is 6.02. The highest BCUT2D eigenvalue weighted by atomic mass is 32.2. The summed E-state index contributed by atoms with van der Waals surface area (Å²) in [5.41, 5.74) is 0. The summed E-state index contributed by atoms with van der Waals surface area (Å²) in [6.45, 7) is 4.69. The Bertz CT molecular complexity index is 453. The first-order valence-electron chi connectivity index (χ1n) is 5.03.